The highest BCUT2D eigenvalue weighted by Crippen LogP contribution is 2.56. The highest BCUT2D eigenvalue weighted by molar-refractivity contribution is 6.21. The van der Waals surface area contributed by atoms with Crippen molar-refractivity contribution in [1.29, 1.82) is 0 Å². The monoisotopic (exact) mass is 337 g/mol. The Hall–Kier alpha value is -2.16. The lowest BCUT2D eigenvalue weighted by molar-refractivity contribution is 0.0594. The second-order valence-electron chi connectivity index (χ2n) is 8.09. The molecule has 1 aromatic carbocycles. The van der Waals surface area contributed by atoms with E-state index in [1.807, 2.05) is 12.1 Å². The van der Waals surface area contributed by atoms with Gasteiger partial charge in [0.2, 0.25) is 0 Å². The lowest BCUT2D eigenvalue weighted by atomic mass is 9.81. The number of allylic oxidation sites excluding steroid dienone is 3. The molecule has 1 aliphatic carbocycles. The number of hydrogen-bond donors (Lipinski definition) is 0. The lowest BCUT2D eigenvalue weighted by Crippen LogP contribution is -2.39. The third kappa shape index (κ3) is 2.66. The Morgan fingerprint density at radius 3 is 2.08 bits per heavy atom. The molecule has 2 amide bonds. The topological polar surface area (TPSA) is 37.4 Å². The van der Waals surface area contributed by atoms with Crippen molar-refractivity contribution in [2.45, 2.75) is 47.5 Å². The average Bonchev–Trinajstić information content (AvgIpc) is 2.90. The quantitative estimate of drug-likeness (QED) is 0.728. The molecule has 0 saturated heterocycles. The first-order chi connectivity index (χ1) is 11.7. The molecule has 1 aromatic rings. The Bertz CT molecular complexity index is 765. The van der Waals surface area contributed by atoms with Crippen molar-refractivity contribution < 1.29 is 9.59 Å². The minimum absolute atomic E-state index is 0.0448. The zero-order valence-electron chi connectivity index (χ0n) is 15.8. The molecule has 1 unspecified atom stereocenters. The van der Waals surface area contributed by atoms with Crippen LogP contribution in [-0.4, -0.2) is 23.3 Å². The summed E-state index contributed by atoms with van der Waals surface area (Å²) in [5.74, 6) is -0.325. The minimum Gasteiger partial charge on any atom is -0.273 e. The van der Waals surface area contributed by atoms with E-state index < -0.39 is 0 Å². The molecule has 1 aliphatic heterocycles. The predicted molar refractivity (Wildman–Crippen MR) is 100 cm³/mol. The Balaban J connectivity index is 1.99. The molecule has 3 heteroatoms. The molecule has 3 nitrogen and oxygen atoms in total. The van der Waals surface area contributed by atoms with Crippen LogP contribution in [0.1, 0.15) is 68.2 Å². The Kier molecular flexibility index (Phi) is 4.22. The van der Waals surface area contributed by atoms with Gasteiger partial charge in [-0.2, -0.15) is 0 Å². The number of benzene rings is 1. The van der Waals surface area contributed by atoms with Gasteiger partial charge in [-0.25, -0.2) is 0 Å². The summed E-state index contributed by atoms with van der Waals surface area (Å²) in [7, 11) is 0. The summed E-state index contributed by atoms with van der Waals surface area (Å²) in [4.78, 5) is 27.0. The maximum Gasteiger partial charge on any atom is 0.261 e. The lowest BCUT2D eigenvalue weighted by Gasteiger charge is -2.31. The molecule has 0 spiro atoms. The van der Waals surface area contributed by atoms with E-state index in [2.05, 4.69) is 46.8 Å². The Labute approximate surface area is 150 Å². The van der Waals surface area contributed by atoms with E-state index in [1.54, 1.807) is 12.1 Å². The van der Waals surface area contributed by atoms with Crippen LogP contribution in [0, 0.1) is 10.8 Å². The summed E-state index contributed by atoms with van der Waals surface area (Å²) >= 11 is 0. The molecule has 0 N–H and O–H groups in total. The number of hydrogen-bond acceptors (Lipinski definition) is 2. The zero-order valence-corrected chi connectivity index (χ0v) is 15.8. The number of nitrogens with zero attached hydrogens (tertiary/aromatic N) is 1. The van der Waals surface area contributed by atoms with Crippen molar-refractivity contribution in [1.82, 2.24) is 4.90 Å². The average molecular weight is 337 g/mol. The summed E-state index contributed by atoms with van der Waals surface area (Å²) in [6.07, 6.45) is 6.33. The molecule has 1 atom stereocenters. The predicted octanol–water partition coefficient (Wildman–Crippen LogP) is 5.00. The van der Waals surface area contributed by atoms with E-state index >= 15 is 0 Å². The summed E-state index contributed by atoms with van der Waals surface area (Å²) < 4.78 is 0. The third-order valence-electron chi connectivity index (χ3n) is 5.58. The summed E-state index contributed by atoms with van der Waals surface area (Å²) in [6.45, 7) is 11.3. The highest BCUT2D eigenvalue weighted by Gasteiger charge is 2.50. The number of rotatable bonds is 3. The van der Waals surface area contributed by atoms with Crippen molar-refractivity contribution in [3.8, 4) is 0 Å². The second kappa shape index (κ2) is 5.98. The molecule has 132 valence electrons. The molecule has 25 heavy (non-hydrogen) atoms. The van der Waals surface area contributed by atoms with Crippen molar-refractivity contribution >= 4 is 11.8 Å². The SMILES string of the molecule is C/C=C1\C(=C/CC)C(C)(CN2C(=O)c3ccccc3C2=O)CC1(C)C. The van der Waals surface area contributed by atoms with Crippen LogP contribution in [0.5, 0.6) is 0 Å². The number of fused-ring (bicyclic) bond motifs is 1. The van der Waals surface area contributed by atoms with E-state index in [-0.39, 0.29) is 22.6 Å². The maximum absolute atomic E-state index is 12.8. The second-order valence-corrected chi connectivity index (χ2v) is 8.09. The number of carbonyl (C=O) groups is 2. The van der Waals surface area contributed by atoms with Gasteiger partial charge in [0.1, 0.15) is 0 Å². The van der Waals surface area contributed by atoms with E-state index in [9.17, 15) is 9.59 Å². The number of carbonyl (C=O) groups excluding carboxylic acids is 2. The smallest absolute Gasteiger partial charge is 0.261 e. The molecular weight excluding hydrogens is 310 g/mol. The fourth-order valence-corrected chi connectivity index (χ4v) is 4.84. The van der Waals surface area contributed by atoms with Crippen LogP contribution in [0.3, 0.4) is 0 Å². The largest absolute Gasteiger partial charge is 0.273 e. The van der Waals surface area contributed by atoms with Gasteiger partial charge in [-0.15, -0.1) is 0 Å². The Morgan fingerprint density at radius 2 is 1.60 bits per heavy atom. The van der Waals surface area contributed by atoms with Crippen LogP contribution in [-0.2, 0) is 0 Å². The van der Waals surface area contributed by atoms with E-state index in [4.69, 9.17) is 0 Å². The molecular formula is C22H27NO2. The highest BCUT2D eigenvalue weighted by atomic mass is 16.2. The van der Waals surface area contributed by atoms with Crippen LogP contribution in [0.15, 0.2) is 47.6 Å². The first kappa shape index (κ1) is 17.7. The van der Waals surface area contributed by atoms with Gasteiger partial charge < -0.3 is 0 Å². The van der Waals surface area contributed by atoms with Crippen molar-refractivity contribution in [2.24, 2.45) is 10.8 Å². The fraction of sp³-hybridized carbons (Fsp3) is 0.455. The van der Waals surface area contributed by atoms with Gasteiger partial charge >= 0.3 is 0 Å². The van der Waals surface area contributed by atoms with Gasteiger partial charge in [0.25, 0.3) is 11.8 Å². The number of imide groups is 1. The van der Waals surface area contributed by atoms with Crippen LogP contribution >= 0.6 is 0 Å². The van der Waals surface area contributed by atoms with Crippen molar-refractivity contribution in [3.63, 3.8) is 0 Å². The first-order valence-corrected chi connectivity index (χ1v) is 9.08. The van der Waals surface area contributed by atoms with Crippen molar-refractivity contribution in [2.75, 3.05) is 6.54 Å². The standard InChI is InChI=1S/C22H27NO2/c1-6-10-18-17(7-2)21(3,4)13-22(18,5)14-23-19(24)15-11-8-9-12-16(15)20(23)25/h7-12H,6,13-14H2,1-5H3/b17-7+,18-10+. The first-order valence-electron chi connectivity index (χ1n) is 9.08. The van der Waals surface area contributed by atoms with Crippen LogP contribution in [0.25, 0.3) is 0 Å². The van der Waals surface area contributed by atoms with Gasteiger partial charge in [-0.1, -0.05) is 52.0 Å². The molecule has 0 radical (unpaired) electrons. The molecule has 3 rings (SSSR count). The van der Waals surface area contributed by atoms with Crippen LogP contribution in [0.2, 0.25) is 0 Å². The molecule has 2 aliphatic rings. The molecule has 1 saturated carbocycles. The van der Waals surface area contributed by atoms with Crippen molar-refractivity contribution in [3.05, 3.63) is 58.7 Å². The number of amides is 2. The summed E-state index contributed by atoms with van der Waals surface area (Å²) in [6, 6.07) is 7.12. The molecule has 0 aromatic heterocycles. The fourth-order valence-electron chi connectivity index (χ4n) is 4.84. The van der Waals surface area contributed by atoms with E-state index in [0.717, 1.165) is 12.8 Å². The maximum atomic E-state index is 12.8. The van der Waals surface area contributed by atoms with Crippen LogP contribution in [0.4, 0.5) is 0 Å². The van der Waals surface area contributed by atoms with E-state index in [0.29, 0.717) is 17.7 Å². The molecule has 1 fully saturated rings. The zero-order chi connectivity index (χ0) is 18.4. The van der Waals surface area contributed by atoms with Gasteiger partial charge in [0.15, 0.2) is 0 Å². The molecule has 0 bridgehead atoms. The minimum atomic E-state index is -0.214. The van der Waals surface area contributed by atoms with Gasteiger partial charge in [0.05, 0.1) is 11.1 Å². The van der Waals surface area contributed by atoms with E-state index in [1.165, 1.54) is 16.0 Å². The normalized spacial score (nSPS) is 28.3. The Morgan fingerprint density at radius 1 is 1.04 bits per heavy atom. The summed E-state index contributed by atoms with van der Waals surface area (Å²) in [5, 5.41) is 0. The summed E-state index contributed by atoms with van der Waals surface area (Å²) in [5.41, 5.74) is 3.52. The third-order valence-corrected chi connectivity index (χ3v) is 5.58. The van der Waals surface area contributed by atoms with Gasteiger partial charge in [-0.05, 0) is 48.5 Å². The molecule has 1 heterocycles. The van der Waals surface area contributed by atoms with Crippen LogP contribution < -0.4 is 0 Å². The van der Waals surface area contributed by atoms with Gasteiger partial charge in [-0.3, -0.25) is 14.5 Å². The van der Waals surface area contributed by atoms with Gasteiger partial charge in [0, 0.05) is 12.0 Å².